The summed E-state index contributed by atoms with van der Waals surface area (Å²) in [5.41, 5.74) is 3.08. The zero-order valence-electron chi connectivity index (χ0n) is 17.3. The number of phenolic OH excluding ortho intramolecular Hbond substituents is 2. The van der Waals surface area contributed by atoms with Crippen LogP contribution in [0.3, 0.4) is 0 Å². The van der Waals surface area contributed by atoms with Crippen LogP contribution in [0.4, 0.5) is 0 Å². The summed E-state index contributed by atoms with van der Waals surface area (Å²) >= 11 is 0. The molecule has 2 fully saturated rings. The molecular formula is C23H25N5O3. The van der Waals surface area contributed by atoms with Crippen LogP contribution in [-0.4, -0.2) is 35.5 Å². The van der Waals surface area contributed by atoms with E-state index in [9.17, 15) is 15.0 Å². The number of ketones is 1. The van der Waals surface area contributed by atoms with Crippen molar-refractivity contribution in [3.63, 3.8) is 0 Å². The van der Waals surface area contributed by atoms with Crippen LogP contribution >= 0.6 is 0 Å². The largest absolute Gasteiger partial charge is 0.504 e. The summed E-state index contributed by atoms with van der Waals surface area (Å²) in [6.45, 7) is 2.14. The van der Waals surface area contributed by atoms with Gasteiger partial charge in [0.05, 0.1) is 18.7 Å². The van der Waals surface area contributed by atoms with E-state index in [2.05, 4.69) is 21.9 Å². The Bertz CT molecular complexity index is 1290. The maximum Gasteiger partial charge on any atom is 0.173 e. The van der Waals surface area contributed by atoms with E-state index in [1.165, 1.54) is 0 Å². The highest BCUT2D eigenvalue weighted by Gasteiger charge is 2.55. The van der Waals surface area contributed by atoms with Crippen LogP contribution in [0, 0.1) is 22.7 Å². The number of aromatic hydroxyl groups is 2. The number of imidazole rings is 1. The van der Waals surface area contributed by atoms with Gasteiger partial charge in [0, 0.05) is 11.8 Å². The molecule has 1 unspecified atom stereocenters. The lowest BCUT2D eigenvalue weighted by molar-refractivity contribution is -0.129. The van der Waals surface area contributed by atoms with E-state index in [0.717, 1.165) is 36.8 Å². The monoisotopic (exact) mass is 419 g/mol. The predicted molar refractivity (Wildman–Crippen MR) is 112 cm³/mol. The summed E-state index contributed by atoms with van der Waals surface area (Å²) in [6, 6.07) is 3.22. The molecule has 5 atom stereocenters. The van der Waals surface area contributed by atoms with Gasteiger partial charge in [-0.05, 0) is 66.7 Å². The summed E-state index contributed by atoms with van der Waals surface area (Å²) in [6.07, 6.45) is 7.35. The van der Waals surface area contributed by atoms with Crippen molar-refractivity contribution < 1.29 is 15.0 Å². The Labute approximate surface area is 178 Å². The number of phenols is 2. The molecule has 0 spiro atoms. The maximum absolute atomic E-state index is 12.8. The van der Waals surface area contributed by atoms with Crippen LogP contribution in [0.15, 0.2) is 24.8 Å². The normalized spacial score (nSPS) is 32.0. The first-order chi connectivity index (χ1) is 14.9. The predicted octanol–water partition coefficient (Wildman–Crippen LogP) is 3.12. The van der Waals surface area contributed by atoms with Crippen molar-refractivity contribution in [3.8, 4) is 11.5 Å². The molecule has 0 amide bonds. The van der Waals surface area contributed by atoms with Crippen LogP contribution in [0.25, 0.3) is 11.2 Å². The summed E-state index contributed by atoms with van der Waals surface area (Å²) in [4.78, 5) is 24.5. The molecule has 0 aliphatic heterocycles. The number of nitrogens with zero attached hydrogens (tertiary/aromatic N) is 3. The molecule has 160 valence electrons. The molecule has 2 heterocycles. The molecule has 0 radical (unpaired) electrons. The van der Waals surface area contributed by atoms with E-state index in [1.807, 2.05) is 4.57 Å². The first kappa shape index (κ1) is 18.6. The second-order valence-corrected chi connectivity index (χ2v) is 9.62. The Morgan fingerprint density at radius 3 is 2.77 bits per heavy atom. The minimum Gasteiger partial charge on any atom is -0.504 e. The molecule has 2 saturated carbocycles. The van der Waals surface area contributed by atoms with Crippen molar-refractivity contribution in [1.82, 2.24) is 19.5 Å². The van der Waals surface area contributed by atoms with Crippen molar-refractivity contribution >= 4 is 16.9 Å². The number of nitrogens with one attached hydrogen (secondary N) is 2. The van der Waals surface area contributed by atoms with Crippen LogP contribution in [0.1, 0.15) is 62.1 Å². The van der Waals surface area contributed by atoms with E-state index < -0.39 is 0 Å². The zero-order valence-corrected chi connectivity index (χ0v) is 17.3. The molecular weight excluding hydrogens is 394 g/mol. The highest BCUT2D eigenvalue weighted by atomic mass is 16.3. The lowest BCUT2D eigenvalue weighted by Gasteiger charge is -2.50. The van der Waals surface area contributed by atoms with Crippen molar-refractivity contribution in [2.45, 2.75) is 51.0 Å². The van der Waals surface area contributed by atoms with Gasteiger partial charge >= 0.3 is 0 Å². The lowest BCUT2D eigenvalue weighted by Crippen LogP contribution is -2.44. The number of aromatic nitrogens is 4. The fraction of sp³-hybridized carbons (Fsp3) is 0.478. The van der Waals surface area contributed by atoms with E-state index in [-0.39, 0.29) is 34.4 Å². The van der Waals surface area contributed by atoms with Crippen molar-refractivity contribution in [1.29, 1.82) is 5.41 Å². The summed E-state index contributed by atoms with van der Waals surface area (Å²) < 4.78 is 1.97. The molecule has 0 saturated heterocycles. The number of carbonyl (C=O) groups excluding carboxylic acids is 1. The van der Waals surface area contributed by atoms with Crippen LogP contribution < -0.4 is 5.49 Å². The summed E-state index contributed by atoms with van der Waals surface area (Å²) in [5.74, 6) is 0.994. The van der Waals surface area contributed by atoms with Gasteiger partial charge in [0.2, 0.25) is 0 Å². The number of aromatic amines is 1. The van der Waals surface area contributed by atoms with E-state index in [4.69, 9.17) is 5.41 Å². The first-order valence-electron chi connectivity index (χ1n) is 10.9. The Kier molecular flexibility index (Phi) is 3.71. The smallest absolute Gasteiger partial charge is 0.173 e. The van der Waals surface area contributed by atoms with Gasteiger partial charge in [-0.2, -0.15) is 0 Å². The molecule has 2 aromatic heterocycles. The highest BCUT2D eigenvalue weighted by Crippen LogP contribution is 2.62. The van der Waals surface area contributed by atoms with Gasteiger partial charge in [-0.15, -0.1) is 0 Å². The molecule has 1 aromatic carbocycles. The number of carbonyl (C=O) groups is 1. The molecule has 4 N–H and O–H groups in total. The summed E-state index contributed by atoms with van der Waals surface area (Å²) in [5, 5.41) is 28.7. The number of benzene rings is 1. The van der Waals surface area contributed by atoms with Crippen molar-refractivity contribution in [2.24, 2.45) is 17.3 Å². The number of fused-ring (bicyclic) bond motifs is 6. The standard InChI is InChI=1S/C23H25N5O3/c1-23-5-4-11-12-7-17(29)18(30)8-14(12)16(6-13(11)15(23)2-3-19(23)31)28-10-27-21(24)20-22(28)26-9-25-20/h7-11,13,15-16,24,29-30H,2-6H2,1H3,(H,25,26)/t11-,13-,15+,16?,23+/m1/s1. The van der Waals surface area contributed by atoms with Crippen LogP contribution in [0.2, 0.25) is 0 Å². The van der Waals surface area contributed by atoms with E-state index >= 15 is 0 Å². The Morgan fingerprint density at radius 2 is 1.97 bits per heavy atom. The van der Waals surface area contributed by atoms with E-state index in [0.29, 0.717) is 35.2 Å². The van der Waals surface area contributed by atoms with Gasteiger partial charge in [0.15, 0.2) is 22.6 Å². The second kappa shape index (κ2) is 6.18. The molecule has 3 aliphatic carbocycles. The minimum absolute atomic E-state index is 0.108. The SMILES string of the molecule is C[C@]12CC[C@@H]3c4cc(O)c(O)cc4C(n4cnc(=N)c5[nH]cnc54)C[C@H]3[C@@H]1CCC2=O. The van der Waals surface area contributed by atoms with Gasteiger partial charge in [0.1, 0.15) is 11.3 Å². The van der Waals surface area contributed by atoms with Crippen LogP contribution in [0.5, 0.6) is 11.5 Å². The van der Waals surface area contributed by atoms with Gasteiger partial charge in [-0.1, -0.05) is 6.92 Å². The number of hydrogen-bond acceptors (Lipinski definition) is 6. The Hall–Kier alpha value is -3.16. The third-order valence-electron chi connectivity index (χ3n) is 8.33. The molecule has 8 heteroatoms. The zero-order chi connectivity index (χ0) is 21.5. The third kappa shape index (κ3) is 2.41. The molecule has 6 rings (SSSR count). The number of H-pyrrole nitrogens is 1. The van der Waals surface area contributed by atoms with Gasteiger partial charge in [0.25, 0.3) is 0 Å². The first-order valence-corrected chi connectivity index (χ1v) is 10.9. The second-order valence-electron chi connectivity index (χ2n) is 9.62. The van der Waals surface area contributed by atoms with Crippen molar-refractivity contribution in [3.05, 3.63) is 41.4 Å². The van der Waals surface area contributed by atoms with Gasteiger partial charge in [-0.25, -0.2) is 9.97 Å². The van der Waals surface area contributed by atoms with Gasteiger partial charge in [-0.3, -0.25) is 10.2 Å². The third-order valence-corrected chi connectivity index (χ3v) is 8.33. The average molecular weight is 419 g/mol. The number of rotatable bonds is 1. The highest BCUT2D eigenvalue weighted by molar-refractivity contribution is 5.87. The Morgan fingerprint density at radius 1 is 1.19 bits per heavy atom. The molecule has 0 bridgehead atoms. The van der Waals surface area contributed by atoms with Gasteiger partial charge < -0.3 is 19.8 Å². The minimum atomic E-state index is -0.266. The number of hydrogen-bond donors (Lipinski definition) is 4. The topological polar surface area (TPSA) is 128 Å². The van der Waals surface area contributed by atoms with E-state index in [1.54, 1.807) is 24.8 Å². The number of Topliss-reactive ketones (excluding diaryl/α,β-unsaturated/α-hetero) is 1. The molecule has 31 heavy (non-hydrogen) atoms. The molecule has 3 aliphatic rings. The van der Waals surface area contributed by atoms with Crippen molar-refractivity contribution in [2.75, 3.05) is 0 Å². The Balaban J connectivity index is 1.56. The quantitative estimate of drug-likeness (QED) is 0.451. The molecule has 8 nitrogen and oxygen atoms in total. The lowest BCUT2D eigenvalue weighted by atomic mass is 9.55. The summed E-state index contributed by atoms with van der Waals surface area (Å²) in [7, 11) is 0. The van der Waals surface area contributed by atoms with Crippen LogP contribution in [-0.2, 0) is 4.79 Å². The fourth-order valence-corrected chi connectivity index (χ4v) is 6.76. The maximum atomic E-state index is 12.8. The fourth-order valence-electron chi connectivity index (χ4n) is 6.76. The average Bonchev–Trinajstić information content (AvgIpc) is 3.35. The molecule has 3 aromatic rings.